The van der Waals surface area contributed by atoms with Gasteiger partial charge in [0.2, 0.25) is 0 Å². The van der Waals surface area contributed by atoms with E-state index in [9.17, 15) is 4.79 Å². The number of nitrogens with one attached hydrogen (secondary N) is 1. The van der Waals surface area contributed by atoms with Crippen LogP contribution in [0.4, 0.5) is 0 Å². The van der Waals surface area contributed by atoms with Gasteiger partial charge < -0.3 is 19.5 Å². The maximum atomic E-state index is 13.0. The maximum absolute atomic E-state index is 13.0. The van der Waals surface area contributed by atoms with Crippen molar-refractivity contribution in [1.29, 1.82) is 0 Å². The van der Waals surface area contributed by atoms with Gasteiger partial charge in [-0.3, -0.25) is 4.79 Å². The summed E-state index contributed by atoms with van der Waals surface area (Å²) in [5, 5.41) is 0. The fourth-order valence-corrected chi connectivity index (χ4v) is 2.80. The van der Waals surface area contributed by atoms with E-state index in [1.54, 1.807) is 6.33 Å². The summed E-state index contributed by atoms with van der Waals surface area (Å²) in [6, 6.07) is 5.72. The number of aryl methyl sites for hydroxylation is 1. The number of rotatable bonds is 6. The second-order valence-corrected chi connectivity index (χ2v) is 6.43. The van der Waals surface area contributed by atoms with Gasteiger partial charge in [0.25, 0.3) is 5.91 Å². The lowest BCUT2D eigenvalue weighted by molar-refractivity contribution is 0.0729. The zero-order chi connectivity index (χ0) is 17.1. The highest BCUT2D eigenvalue weighted by Crippen LogP contribution is 2.26. The standard InChI is InChI=1S/C18H24N4O2/c1-13-16(20-12-19-13)11-22(8-7-21(2)3)18(23)15-4-5-17-14(10-15)6-9-24-17/h4-5,10,12H,6-9,11H2,1-3H3,(H,19,20). The first-order valence-corrected chi connectivity index (χ1v) is 8.23. The zero-order valence-electron chi connectivity index (χ0n) is 14.5. The molecule has 1 amide bonds. The Balaban J connectivity index is 1.80. The Hall–Kier alpha value is -2.34. The Morgan fingerprint density at radius 1 is 1.33 bits per heavy atom. The van der Waals surface area contributed by atoms with Crippen molar-refractivity contribution in [3.8, 4) is 5.75 Å². The fourth-order valence-electron chi connectivity index (χ4n) is 2.80. The molecule has 24 heavy (non-hydrogen) atoms. The van der Waals surface area contributed by atoms with E-state index in [1.165, 1.54) is 0 Å². The molecule has 0 atom stereocenters. The normalized spacial score (nSPS) is 13.0. The largest absolute Gasteiger partial charge is 0.493 e. The van der Waals surface area contributed by atoms with Crippen LogP contribution in [-0.2, 0) is 13.0 Å². The van der Waals surface area contributed by atoms with Gasteiger partial charge in [-0.1, -0.05) is 0 Å². The topological polar surface area (TPSA) is 61.5 Å². The first kappa shape index (κ1) is 16.5. The van der Waals surface area contributed by atoms with Crippen molar-refractivity contribution in [3.63, 3.8) is 0 Å². The SMILES string of the molecule is Cc1[nH]cnc1CN(CCN(C)C)C(=O)c1ccc2c(c1)CCO2. The minimum atomic E-state index is 0.0361. The van der Waals surface area contributed by atoms with Crippen molar-refractivity contribution in [3.05, 3.63) is 47.0 Å². The maximum Gasteiger partial charge on any atom is 0.254 e. The van der Waals surface area contributed by atoms with Gasteiger partial charge in [-0.15, -0.1) is 0 Å². The number of benzene rings is 1. The third kappa shape index (κ3) is 3.59. The number of carbonyl (C=O) groups is 1. The van der Waals surface area contributed by atoms with Crippen LogP contribution in [-0.4, -0.2) is 59.5 Å². The van der Waals surface area contributed by atoms with Crippen LogP contribution < -0.4 is 4.74 Å². The van der Waals surface area contributed by atoms with E-state index in [-0.39, 0.29) is 5.91 Å². The summed E-state index contributed by atoms with van der Waals surface area (Å²) in [4.78, 5) is 24.4. The molecule has 0 spiro atoms. The molecular weight excluding hydrogens is 304 g/mol. The number of likely N-dealkylation sites (N-methyl/N-ethyl adjacent to an activating group) is 1. The van der Waals surface area contributed by atoms with E-state index in [0.29, 0.717) is 25.3 Å². The molecule has 6 heteroatoms. The molecule has 0 radical (unpaired) electrons. The van der Waals surface area contributed by atoms with Crippen LogP contribution in [0, 0.1) is 6.92 Å². The molecule has 6 nitrogen and oxygen atoms in total. The number of ether oxygens (including phenoxy) is 1. The Bertz CT molecular complexity index is 724. The first-order chi connectivity index (χ1) is 11.5. The van der Waals surface area contributed by atoms with Crippen LogP contribution in [0.15, 0.2) is 24.5 Å². The highest BCUT2D eigenvalue weighted by atomic mass is 16.5. The van der Waals surface area contributed by atoms with Crippen LogP contribution in [0.25, 0.3) is 0 Å². The molecule has 128 valence electrons. The van der Waals surface area contributed by atoms with Crippen molar-refractivity contribution >= 4 is 5.91 Å². The van der Waals surface area contributed by atoms with Gasteiger partial charge >= 0.3 is 0 Å². The molecule has 1 N–H and O–H groups in total. The second-order valence-electron chi connectivity index (χ2n) is 6.43. The monoisotopic (exact) mass is 328 g/mol. The molecule has 0 unspecified atom stereocenters. The Labute approximate surface area is 142 Å². The molecule has 3 rings (SSSR count). The molecule has 1 aliphatic heterocycles. The molecular formula is C18H24N4O2. The summed E-state index contributed by atoms with van der Waals surface area (Å²) >= 11 is 0. The second kappa shape index (κ2) is 7.05. The van der Waals surface area contributed by atoms with E-state index < -0.39 is 0 Å². The summed E-state index contributed by atoms with van der Waals surface area (Å²) in [6.07, 6.45) is 2.54. The van der Waals surface area contributed by atoms with Crippen LogP contribution in [0.2, 0.25) is 0 Å². The van der Waals surface area contributed by atoms with Crippen molar-refractivity contribution in [2.24, 2.45) is 0 Å². The lowest BCUT2D eigenvalue weighted by atomic mass is 10.1. The number of imidazole rings is 1. The number of carbonyl (C=O) groups excluding carboxylic acids is 1. The van der Waals surface area contributed by atoms with E-state index in [2.05, 4.69) is 14.9 Å². The van der Waals surface area contributed by atoms with Crippen LogP contribution in [0.3, 0.4) is 0 Å². The van der Waals surface area contributed by atoms with Gasteiger partial charge in [0.05, 0.1) is 25.2 Å². The number of nitrogens with zero attached hydrogens (tertiary/aromatic N) is 3. The van der Waals surface area contributed by atoms with Gasteiger partial charge in [-0.25, -0.2) is 4.98 Å². The quantitative estimate of drug-likeness (QED) is 0.879. The average Bonchev–Trinajstić information content (AvgIpc) is 3.18. The van der Waals surface area contributed by atoms with Crippen molar-refractivity contribution in [2.75, 3.05) is 33.8 Å². The van der Waals surface area contributed by atoms with Gasteiger partial charge in [0.15, 0.2) is 0 Å². The summed E-state index contributed by atoms with van der Waals surface area (Å²) in [5.41, 5.74) is 3.74. The van der Waals surface area contributed by atoms with Crippen molar-refractivity contribution in [1.82, 2.24) is 19.8 Å². The fraction of sp³-hybridized carbons (Fsp3) is 0.444. The number of hydrogen-bond donors (Lipinski definition) is 1. The Morgan fingerprint density at radius 3 is 2.88 bits per heavy atom. The third-order valence-corrected chi connectivity index (χ3v) is 4.32. The van der Waals surface area contributed by atoms with Gasteiger partial charge in [0, 0.05) is 30.8 Å². The number of hydrogen-bond acceptors (Lipinski definition) is 4. The van der Waals surface area contributed by atoms with Crippen LogP contribution in [0.5, 0.6) is 5.75 Å². The molecule has 2 aromatic rings. The highest BCUT2D eigenvalue weighted by molar-refractivity contribution is 5.94. The van der Waals surface area contributed by atoms with Crippen LogP contribution >= 0.6 is 0 Å². The average molecular weight is 328 g/mol. The van der Waals surface area contributed by atoms with E-state index in [0.717, 1.165) is 35.7 Å². The lowest BCUT2D eigenvalue weighted by Gasteiger charge is -2.24. The minimum Gasteiger partial charge on any atom is -0.493 e. The van der Waals surface area contributed by atoms with E-state index in [1.807, 2.05) is 44.1 Å². The van der Waals surface area contributed by atoms with Crippen molar-refractivity contribution < 1.29 is 9.53 Å². The van der Waals surface area contributed by atoms with Crippen LogP contribution in [0.1, 0.15) is 27.3 Å². The summed E-state index contributed by atoms with van der Waals surface area (Å²) < 4.78 is 5.53. The predicted octanol–water partition coefficient (Wildman–Crippen LogP) is 1.86. The molecule has 1 aromatic carbocycles. The summed E-state index contributed by atoms with van der Waals surface area (Å²) in [5.74, 6) is 0.934. The number of H-pyrrole nitrogens is 1. The number of aromatic amines is 1. The molecule has 0 saturated heterocycles. The van der Waals surface area contributed by atoms with Gasteiger partial charge in [-0.2, -0.15) is 0 Å². The number of amides is 1. The number of aromatic nitrogens is 2. The lowest BCUT2D eigenvalue weighted by Crippen LogP contribution is -2.36. The van der Waals surface area contributed by atoms with Crippen molar-refractivity contribution in [2.45, 2.75) is 19.9 Å². The molecule has 2 heterocycles. The summed E-state index contributed by atoms with van der Waals surface area (Å²) in [6.45, 7) is 4.65. The number of fused-ring (bicyclic) bond motifs is 1. The highest BCUT2D eigenvalue weighted by Gasteiger charge is 2.21. The summed E-state index contributed by atoms with van der Waals surface area (Å²) in [7, 11) is 4.02. The minimum absolute atomic E-state index is 0.0361. The molecule has 0 bridgehead atoms. The van der Waals surface area contributed by atoms with Gasteiger partial charge in [-0.05, 0) is 44.8 Å². The molecule has 1 aromatic heterocycles. The molecule has 0 aliphatic carbocycles. The third-order valence-electron chi connectivity index (χ3n) is 4.32. The van der Waals surface area contributed by atoms with E-state index >= 15 is 0 Å². The van der Waals surface area contributed by atoms with E-state index in [4.69, 9.17) is 4.74 Å². The zero-order valence-corrected chi connectivity index (χ0v) is 14.5. The predicted molar refractivity (Wildman–Crippen MR) is 92.3 cm³/mol. The Morgan fingerprint density at radius 2 is 2.17 bits per heavy atom. The molecule has 0 saturated carbocycles. The first-order valence-electron chi connectivity index (χ1n) is 8.23. The smallest absolute Gasteiger partial charge is 0.254 e. The van der Waals surface area contributed by atoms with Gasteiger partial charge in [0.1, 0.15) is 5.75 Å². The molecule has 0 fully saturated rings. The Kier molecular flexibility index (Phi) is 4.85. The molecule has 1 aliphatic rings.